The van der Waals surface area contributed by atoms with Gasteiger partial charge < -0.3 is 16.0 Å². The Labute approximate surface area is 160 Å². The van der Waals surface area contributed by atoms with Gasteiger partial charge in [-0.15, -0.1) is 11.3 Å². The van der Waals surface area contributed by atoms with Gasteiger partial charge in [-0.25, -0.2) is 9.97 Å². The average Bonchev–Trinajstić information content (AvgIpc) is 3.13. The quantitative estimate of drug-likeness (QED) is 0.320. The number of nitrogens with one attached hydrogen (secondary N) is 3. The molecule has 0 aliphatic rings. The van der Waals surface area contributed by atoms with Crippen LogP contribution in [0.1, 0.15) is 36.6 Å². The maximum Gasteiger partial charge on any atom is 0.191 e. The van der Waals surface area contributed by atoms with Gasteiger partial charge in [-0.1, -0.05) is 13.0 Å². The zero-order chi connectivity index (χ0) is 18.5. The number of nitrogens with zero attached hydrogens (tertiary/aromatic N) is 3. The number of thiazole rings is 1. The number of unbranched alkanes of at least 4 members (excludes halogenated alkanes) is 1. The maximum atomic E-state index is 4.64. The maximum absolute atomic E-state index is 4.64. The van der Waals surface area contributed by atoms with Crippen LogP contribution in [0.15, 0.2) is 35.6 Å². The van der Waals surface area contributed by atoms with Gasteiger partial charge in [0.15, 0.2) is 5.96 Å². The van der Waals surface area contributed by atoms with E-state index in [0.29, 0.717) is 0 Å². The molecule has 0 amide bonds. The molecule has 0 spiro atoms. The molecule has 0 aliphatic heterocycles. The minimum Gasteiger partial charge on any atom is -0.370 e. The topological polar surface area (TPSA) is 74.2 Å². The van der Waals surface area contributed by atoms with E-state index in [2.05, 4.69) is 44.8 Å². The molecule has 2 aromatic rings. The van der Waals surface area contributed by atoms with E-state index in [1.54, 1.807) is 17.5 Å². The van der Waals surface area contributed by atoms with Crippen LogP contribution in [0.4, 0.5) is 5.82 Å². The molecule has 0 aliphatic carbocycles. The Morgan fingerprint density at radius 3 is 2.77 bits per heavy atom. The van der Waals surface area contributed by atoms with Gasteiger partial charge in [0.2, 0.25) is 0 Å². The van der Waals surface area contributed by atoms with Crippen LogP contribution in [0.2, 0.25) is 0 Å². The summed E-state index contributed by atoms with van der Waals surface area (Å²) in [7, 11) is 0. The van der Waals surface area contributed by atoms with E-state index in [1.165, 1.54) is 9.88 Å². The Bertz CT molecular complexity index is 640. The molecule has 2 rings (SSSR count). The van der Waals surface area contributed by atoms with Gasteiger partial charge in [-0.05, 0) is 38.3 Å². The van der Waals surface area contributed by atoms with Crippen molar-refractivity contribution in [2.75, 3.05) is 31.5 Å². The predicted molar refractivity (Wildman–Crippen MR) is 111 cm³/mol. The third-order valence-corrected chi connectivity index (χ3v) is 4.95. The van der Waals surface area contributed by atoms with E-state index in [4.69, 9.17) is 0 Å². The molecule has 0 atom stereocenters. The monoisotopic (exact) mass is 374 g/mol. The van der Waals surface area contributed by atoms with Crippen LogP contribution in [0, 0.1) is 0 Å². The summed E-state index contributed by atoms with van der Waals surface area (Å²) >= 11 is 1.80. The normalized spacial score (nSPS) is 11.4. The average molecular weight is 375 g/mol. The lowest BCUT2D eigenvalue weighted by atomic mass is 10.3. The van der Waals surface area contributed by atoms with Gasteiger partial charge in [0.05, 0.1) is 5.01 Å². The Balaban J connectivity index is 1.62. The van der Waals surface area contributed by atoms with Crippen LogP contribution < -0.4 is 16.0 Å². The van der Waals surface area contributed by atoms with Gasteiger partial charge in [-0.3, -0.25) is 4.99 Å². The summed E-state index contributed by atoms with van der Waals surface area (Å²) in [4.78, 5) is 14.7. The number of guanidine groups is 1. The molecular formula is C19H30N6S. The highest BCUT2D eigenvalue weighted by atomic mass is 32.1. The smallest absolute Gasteiger partial charge is 0.191 e. The van der Waals surface area contributed by atoms with Crippen LogP contribution in [0.3, 0.4) is 0 Å². The van der Waals surface area contributed by atoms with Crippen molar-refractivity contribution in [3.8, 4) is 0 Å². The summed E-state index contributed by atoms with van der Waals surface area (Å²) in [6.45, 7) is 7.70. The highest BCUT2D eigenvalue weighted by Crippen LogP contribution is 2.13. The Morgan fingerprint density at radius 2 is 2.04 bits per heavy atom. The molecular weight excluding hydrogens is 344 g/mol. The molecule has 3 N–H and O–H groups in total. The fraction of sp³-hybridized carbons (Fsp3) is 0.526. The number of pyridine rings is 1. The summed E-state index contributed by atoms with van der Waals surface area (Å²) in [5.41, 5.74) is 0. The van der Waals surface area contributed by atoms with Crippen molar-refractivity contribution < 1.29 is 0 Å². The molecule has 0 bridgehead atoms. The number of anilines is 1. The number of aromatic nitrogens is 2. The molecule has 26 heavy (non-hydrogen) atoms. The number of rotatable bonds is 11. The van der Waals surface area contributed by atoms with Crippen molar-refractivity contribution in [1.29, 1.82) is 0 Å². The molecule has 2 aromatic heterocycles. The van der Waals surface area contributed by atoms with E-state index < -0.39 is 0 Å². The zero-order valence-electron chi connectivity index (χ0n) is 15.8. The highest BCUT2D eigenvalue weighted by Gasteiger charge is 2.02. The van der Waals surface area contributed by atoms with Gasteiger partial charge in [0, 0.05) is 49.9 Å². The summed E-state index contributed by atoms with van der Waals surface area (Å²) in [5, 5.41) is 11.2. The van der Waals surface area contributed by atoms with Crippen LogP contribution in [0.25, 0.3) is 0 Å². The van der Waals surface area contributed by atoms with Crippen molar-refractivity contribution >= 4 is 23.1 Å². The largest absolute Gasteiger partial charge is 0.370 e. The number of hydrogen-bond donors (Lipinski definition) is 3. The Kier molecular flexibility index (Phi) is 9.50. The summed E-state index contributed by atoms with van der Waals surface area (Å²) in [6.07, 6.45) is 7.89. The van der Waals surface area contributed by atoms with E-state index >= 15 is 0 Å². The minimum atomic E-state index is 0.816. The van der Waals surface area contributed by atoms with Gasteiger partial charge >= 0.3 is 0 Å². The molecule has 0 aromatic carbocycles. The van der Waals surface area contributed by atoms with E-state index in [-0.39, 0.29) is 0 Å². The highest BCUT2D eigenvalue weighted by molar-refractivity contribution is 7.11. The molecule has 0 saturated heterocycles. The summed E-state index contributed by atoms with van der Waals surface area (Å²) in [5.74, 6) is 1.82. The van der Waals surface area contributed by atoms with Crippen LogP contribution in [0.5, 0.6) is 0 Å². The first-order valence-electron chi connectivity index (χ1n) is 9.42. The van der Waals surface area contributed by atoms with Gasteiger partial charge in [0.25, 0.3) is 0 Å². The summed E-state index contributed by atoms with van der Waals surface area (Å²) < 4.78 is 0. The second-order valence-electron chi connectivity index (χ2n) is 5.86. The second-order valence-corrected chi connectivity index (χ2v) is 7.06. The second kappa shape index (κ2) is 12.2. The van der Waals surface area contributed by atoms with E-state index in [0.717, 1.165) is 63.6 Å². The Morgan fingerprint density at radius 1 is 1.12 bits per heavy atom. The number of aryl methyl sites for hydroxylation is 1. The van der Waals surface area contributed by atoms with Crippen LogP contribution >= 0.6 is 11.3 Å². The molecule has 0 unspecified atom stereocenters. The molecule has 7 heteroatoms. The first-order valence-corrected chi connectivity index (χ1v) is 10.2. The first kappa shape index (κ1) is 20.2. The van der Waals surface area contributed by atoms with Crippen molar-refractivity contribution in [3.63, 3.8) is 0 Å². The van der Waals surface area contributed by atoms with Crippen molar-refractivity contribution in [1.82, 2.24) is 20.6 Å². The molecule has 2 heterocycles. The van der Waals surface area contributed by atoms with E-state index in [1.807, 2.05) is 24.4 Å². The van der Waals surface area contributed by atoms with Gasteiger partial charge in [0.1, 0.15) is 5.82 Å². The number of hydrogen-bond acceptors (Lipinski definition) is 5. The van der Waals surface area contributed by atoms with Crippen LogP contribution in [-0.4, -0.2) is 42.1 Å². The number of aliphatic imine (C=N–C) groups is 1. The fourth-order valence-electron chi connectivity index (χ4n) is 2.37. The predicted octanol–water partition coefficient (Wildman–Crippen LogP) is 3.09. The lowest BCUT2D eigenvalue weighted by Gasteiger charge is -2.10. The van der Waals surface area contributed by atoms with Crippen molar-refractivity contribution in [2.45, 2.75) is 39.5 Å². The fourth-order valence-corrected chi connectivity index (χ4v) is 3.23. The molecule has 0 saturated carbocycles. The first-order chi connectivity index (χ1) is 12.8. The van der Waals surface area contributed by atoms with E-state index in [9.17, 15) is 0 Å². The lowest BCUT2D eigenvalue weighted by molar-refractivity contribution is 0.749. The Hall–Kier alpha value is -2.15. The SMILES string of the molecule is CCNC(=NCCCCNc1ccccn1)NCCc1ncc(CC)s1. The van der Waals surface area contributed by atoms with Crippen molar-refractivity contribution in [3.05, 3.63) is 40.5 Å². The standard InChI is InChI=1S/C19H30N6S/c1-3-16-15-25-18(26-16)10-14-24-19(20-4-2)23-13-8-7-12-22-17-9-5-6-11-21-17/h5-6,9,11,15H,3-4,7-8,10,12-14H2,1-2H3,(H,21,22)(H2,20,23,24). The molecule has 6 nitrogen and oxygen atoms in total. The molecule has 0 radical (unpaired) electrons. The van der Waals surface area contributed by atoms with Crippen LogP contribution in [-0.2, 0) is 12.8 Å². The minimum absolute atomic E-state index is 0.816. The molecule has 142 valence electrons. The zero-order valence-corrected chi connectivity index (χ0v) is 16.6. The van der Waals surface area contributed by atoms with Gasteiger partial charge in [-0.2, -0.15) is 0 Å². The molecule has 0 fully saturated rings. The van der Waals surface area contributed by atoms with Crippen molar-refractivity contribution in [2.24, 2.45) is 4.99 Å². The summed E-state index contributed by atoms with van der Waals surface area (Å²) in [6, 6.07) is 5.90. The third-order valence-electron chi connectivity index (χ3n) is 3.75. The third kappa shape index (κ3) is 7.82. The lowest BCUT2D eigenvalue weighted by Crippen LogP contribution is -2.38.